The molecule has 4 fully saturated rings. The van der Waals surface area contributed by atoms with Gasteiger partial charge >= 0.3 is 0 Å². The SMILES string of the molecule is c1ncc2[nH]c(C34CC5CC(CC(C5)C3)C4)nc2n1. The van der Waals surface area contributed by atoms with Crippen LogP contribution in [0.15, 0.2) is 12.5 Å². The van der Waals surface area contributed by atoms with Gasteiger partial charge in [0.05, 0.1) is 6.20 Å². The Morgan fingerprint density at radius 2 is 1.74 bits per heavy atom. The number of H-pyrrole nitrogens is 1. The molecule has 0 spiro atoms. The van der Waals surface area contributed by atoms with Crippen molar-refractivity contribution in [3.05, 3.63) is 18.3 Å². The highest BCUT2D eigenvalue weighted by atomic mass is 15.0. The minimum Gasteiger partial charge on any atom is -0.339 e. The van der Waals surface area contributed by atoms with Crippen molar-refractivity contribution < 1.29 is 0 Å². The molecule has 0 amide bonds. The van der Waals surface area contributed by atoms with Gasteiger partial charge in [0.1, 0.15) is 17.7 Å². The second kappa shape index (κ2) is 3.35. The predicted octanol–water partition coefficient (Wildman–Crippen LogP) is 2.82. The lowest BCUT2D eigenvalue weighted by atomic mass is 9.49. The van der Waals surface area contributed by atoms with Crippen LogP contribution in [0, 0.1) is 17.8 Å². The zero-order valence-corrected chi connectivity index (χ0v) is 11.0. The second-order valence-corrected chi connectivity index (χ2v) is 7.04. The maximum absolute atomic E-state index is 4.80. The normalized spacial score (nSPS) is 40.1. The summed E-state index contributed by atoms with van der Waals surface area (Å²) in [5.74, 6) is 4.05. The van der Waals surface area contributed by atoms with E-state index < -0.39 is 0 Å². The molecule has 4 saturated carbocycles. The van der Waals surface area contributed by atoms with Crippen LogP contribution in [0.1, 0.15) is 44.3 Å². The van der Waals surface area contributed by atoms with Crippen LogP contribution in [-0.2, 0) is 5.41 Å². The predicted molar refractivity (Wildman–Crippen MR) is 71.5 cm³/mol. The van der Waals surface area contributed by atoms with Gasteiger partial charge in [-0.25, -0.2) is 15.0 Å². The number of aromatic amines is 1. The van der Waals surface area contributed by atoms with Gasteiger partial charge in [-0.05, 0) is 56.3 Å². The molecular weight excluding hydrogens is 236 g/mol. The van der Waals surface area contributed by atoms with E-state index in [-0.39, 0.29) is 0 Å². The van der Waals surface area contributed by atoms with Crippen molar-refractivity contribution in [2.24, 2.45) is 17.8 Å². The summed E-state index contributed by atoms with van der Waals surface area (Å²) in [6.45, 7) is 0. The van der Waals surface area contributed by atoms with E-state index in [1.165, 1.54) is 44.3 Å². The standard InChI is InChI=1S/C15H18N4/c1-9-2-11-3-10(1)5-15(4-9,6-11)14-18-12-7-16-8-17-13(12)19-14/h7-11H,1-6H2,(H,16,17,18,19). The average molecular weight is 254 g/mol. The topological polar surface area (TPSA) is 54.5 Å². The third-order valence-corrected chi connectivity index (χ3v) is 5.70. The highest BCUT2D eigenvalue weighted by Gasteiger charge is 2.53. The fraction of sp³-hybridized carbons (Fsp3) is 0.667. The summed E-state index contributed by atoms with van der Waals surface area (Å²) < 4.78 is 0. The summed E-state index contributed by atoms with van der Waals surface area (Å²) in [4.78, 5) is 16.7. The Morgan fingerprint density at radius 3 is 2.37 bits per heavy atom. The smallest absolute Gasteiger partial charge is 0.180 e. The molecule has 4 aliphatic carbocycles. The fourth-order valence-electron chi connectivity index (χ4n) is 5.41. The lowest BCUT2D eigenvalue weighted by Crippen LogP contribution is -2.49. The number of imidazole rings is 1. The van der Waals surface area contributed by atoms with E-state index in [0.717, 1.165) is 28.9 Å². The lowest BCUT2D eigenvalue weighted by molar-refractivity contribution is -0.00887. The minimum atomic E-state index is 0.329. The average Bonchev–Trinajstić information content (AvgIpc) is 2.81. The van der Waals surface area contributed by atoms with E-state index >= 15 is 0 Å². The molecule has 2 heterocycles. The van der Waals surface area contributed by atoms with Crippen molar-refractivity contribution in [2.75, 3.05) is 0 Å². The van der Waals surface area contributed by atoms with Gasteiger partial charge in [-0.2, -0.15) is 0 Å². The number of hydrogen-bond acceptors (Lipinski definition) is 3. The molecule has 0 atom stereocenters. The molecule has 0 aliphatic heterocycles. The van der Waals surface area contributed by atoms with Gasteiger partial charge in [-0.15, -0.1) is 0 Å². The van der Waals surface area contributed by atoms with Crippen LogP contribution >= 0.6 is 0 Å². The van der Waals surface area contributed by atoms with Crippen LogP contribution in [0.2, 0.25) is 0 Å². The first-order chi connectivity index (χ1) is 9.31. The summed E-state index contributed by atoms with van der Waals surface area (Å²) in [5, 5.41) is 0. The molecular formula is C15H18N4. The monoisotopic (exact) mass is 254 g/mol. The quantitative estimate of drug-likeness (QED) is 0.851. The molecule has 4 bridgehead atoms. The van der Waals surface area contributed by atoms with Crippen molar-refractivity contribution >= 4 is 11.2 Å². The minimum absolute atomic E-state index is 0.329. The second-order valence-electron chi connectivity index (χ2n) is 7.04. The number of fused-ring (bicyclic) bond motifs is 1. The fourth-order valence-corrected chi connectivity index (χ4v) is 5.41. The number of nitrogens with zero attached hydrogens (tertiary/aromatic N) is 3. The molecule has 0 aromatic carbocycles. The summed E-state index contributed by atoms with van der Waals surface area (Å²) in [5.41, 5.74) is 2.16. The van der Waals surface area contributed by atoms with Gasteiger partial charge in [-0.1, -0.05) is 0 Å². The molecule has 0 saturated heterocycles. The first-order valence-corrected chi connectivity index (χ1v) is 7.47. The van der Waals surface area contributed by atoms with Crippen LogP contribution < -0.4 is 0 Å². The number of rotatable bonds is 1. The molecule has 98 valence electrons. The number of nitrogens with one attached hydrogen (secondary N) is 1. The summed E-state index contributed by atoms with van der Waals surface area (Å²) in [6, 6.07) is 0. The van der Waals surface area contributed by atoms with E-state index in [0.29, 0.717) is 5.41 Å². The molecule has 4 nitrogen and oxygen atoms in total. The van der Waals surface area contributed by atoms with Gasteiger partial charge in [0, 0.05) is 5.41 Å². The molecule has 4 heteroatoms. The van der Waals surface area contributed by atoms with Crippen molar-refractivity contribution in [1.82, 2.24) is 19.9 Å². The van der Waals surface area contributed by atoms with E-state index in [1.54, 1.807) is 6.33 Å². The summed E-state index contributed by atoms with van der Waals surface area (Å²) >= 11 is 0. The van der Waals surface area contributed by atoms with E-state index in [9.17, 15) is 0 Å². The molecule has 2 aromatic rings. The van der Waals surface area contributed by atoms with Gasteiger partial charge in [0.25, 0.3) is 0 Å². The Kier molecular flexibility index (Phi) is 1.83. The van der Waals surface area contributed by atoms with Crippen molar-refractivity contribution in [3.63, 3.8) is 0 Å². The van der Waals surface area contributed by atoms with E-state index in [2.05, 4.69) is 15.0 Å². The maximum atomic E-state index is 4.80. The van der Waals surface area contributed by atoms with Crippen LogP contribution in [-0.4, -0.2) is 19.9 Å². The molecule has 6 rings (SSSR count). The molecule has 0 radical (unpaired) electrons. The summed E-state index contributed by atoms with van der Waals surface area (Å²) in [7, 11) is 0. The first-order valence-electron chi connectivity index (χ1n) is 7.47. The van der Waals surface area contributed by atoms with Crippen LogP contribution in [0.3, 0.4) is 0 Å². The van der Waals surface area contributed by atoms with Gasteiger partial charge in [-0.3, -0.25) is 0 Å². The van der Waals surface area contributed by atoms with Crippen molar-refractivity contribution in [2.45, 2.75) is 43.9 Å². The number of hydrogen-bond donors (Lipinski definition) is 1. The van der Waals surface area contributed by atoms with Gasteiger partial charge in [0.15, 0.2) is 5.65 Å². The Balaban J connectivity index is 1.64. The third kappa shape index (κ3) is 1.37. The maximum Gasteiger partial charge on any atom is 0.180 e. The van der Waals surface area contributed by atoms with Crippen LogP contribution in [0.5, 0.6) is 0 Å². The third-order valence-electron chi connectivity index (χ3n) is 5.70. The van der Waals surface area contributed by atoms with Gasteiger partial charge in [0.2, 0.25) is 0 Å². The van der Waals surface area contributed by atoms with Crippen molar-refractivity contribution in [3.8, 4) is 0 Å². The van der Waals surface area contributed by atoms with E-state index in [1.807, 2.05) is 6.20 Å². The Hall–Kier alpha value is -1.45. The van der Waals surface area contributed by atoms with Crippen molar-refractivity contribution in [1.29, 1.82) is 0 Å². The Bertz CT molecular complexity index is 576. The highest BCUT2D eigenvalue weighted by Crippen LogP contribution is 2.60. The van der Waals surface area contributed by atoms with Crippen LogP contribution in [0.25, 0.3) is 11.2 Å². The Morgan fingerprint density at radius 1 is 1.05 bits per heavy atom. The zero-order chi connectivity index (χ0) is 12.4. The highest BCUT2D eigenvalue weighted by molar-refractivity contribution is 5.69. The molecule has 1 N–H and O–H groups in total. The number of aromatic nitrogens is 4. The van der Waals surface area contributed by atoms with E-state index in [4.69, 9.17) is 4.98 Å². The molecule has 19 heavy (non-hydrogen) atoms. The molecule has 2 aromatic heterocycles. The largest absolute Gasteiger partial charge is 0.339 e. The molecule has 4 aliphatic rings. The first kappa shape index (κ1) is 10.4. The zero-order valence-electron chi connectivity index (χ0n) is 11.0. The van der Waals surface area contributed by atoms with Gasteiger partial charge < -0.3 is 4.98 Å². The molecule has 0 unspecified atom stereocenters. The Labute approximate surface area is 112 Å². The summed E-state index contributed by atoms with van der Waals surface area (Å²) in [6.07, 6.45) is 11.9. The lowest BCUT2D eigenvalue weighted by Gasteiger charge is -2.55. The van der Waals surface area contributed by atoms with Crippen LogP contribution in [0.4, 0.5) is 0 Å².